The number of carboxylic acids is 1. The Morgan fingerprint density at radius 2 is 1.86 bits per heavy atom. The summed E-state index contributed by atoms with van der Waals surface area (Å²) in [6.07, 6.45) is 1.97. The highest BCUT2D eigenvalue weighted by atomic mass is 32.1. The molecule has 4 heterocycles. The molecule has 0 radical (unpaired) electrons. The highest BCUT2D eigenvalue weighted by Crippen LogP contribution is 2.41. The lowest BCUT2D eigenvalue weighted by molar-refractivity contribution is -0.142. The van der Waals surface area contributed by atoms with Crippen LogP contribution in [0.4, 0.5) is 0 Å². The first-order valence-corrected chi connectivity index (χ1v) is 12.5. The van der Waals surface area contributed by atoms with E-state index in [0.717, 1.165) is 43.5 Å². The highest BCUT2D eigenvalue weighted by Gasteiger charge is 2.37. The summed E-state index contributed by atoms with van der Waals surface area (Å²) in [6.45, 7) is 7.89. The third-order valence-corrected chi connectivity index (χ3v) is 7.87. The Morgan fingerprint density at radius 1 is 1.14 bits per heavy atom. The zero-order valence-corrected chi connectivity index (χ0v) is 21.2. The molecule has 2 atom stereocenters. The van der Waals surface area contributed by atoms with Gasteiger partial charge in [0.1, 0.15) is 22.9 Å². The number of aliphatic imine (C=N–C) groups is 1. The lowest BCUT2D eigenvalue weighted by Gasteiger charge is -2.18. The second kappa shape index (κ2) is 9.13. The smallest absolute Gasteiger partial charge is 0.309 e. The topological polar surface area (TPSA) is 117 Å². The van der Waals surface area contributed by atoms with Crippen molar-refractivity contribution in [3.05, 3.63) is 81.4 Å². The predicted molar refractivity (Wildman–Crippen MR) is 138 cm³/mol. The van der Waals surface area contributed by atoms with Gasteiger partial charge in [0.05, 0.1) is 22.9 Å². The van der Waals surface area contributed by atoms with Gasteiger partial charge in [-0.3, -0.25) is 19.3 Å². The molecule has 180 valence electrons. The number of aliphatic carboxylic acids is 1. The van der Waals surface area contributed by atoms with Crippen molar-refractivity contribution < 1.29 is 9.90 Å². The van der Waals surface area contributed by atoms with Crippen LogP contribution in [-0.4, -0.2) is 36.5 Å². The average molecular weight is 497 g/mol. The van der Waals surface area contributed by atoms with E-state index in [1.807, 2.05) is 48.7 Å². The van der Waals surface area contributed by atoms with Crippen LogP contribution in [-0.2, 0) is 4.79 Å². The van der Waals surface area contributed by atoms with E-state index in [4.69, 9.17) is 10.3 Å². The third-order valence-electron chi connectivity index (χ3n) is 6.67. The second-order valence-corrected chi connectivity index (χ2v) is 10.0. The number of benzene rings is 1. The number of aryl methyl sites for hydroxylation is 2. The molecule has 5 rings (SSSR count). The molecule has 3 aromatic heterocycles. The first-order valence-electron chi connectivity index (χ1n) is 11.6. The Hall–Kier alpha value is -4.16. The maximum atomic E-state index is 12.2. The standard InChI is InChI=1S/C27H24N6O2S/c1-5-20(27(34)35)24-25-32-31-16(4)33(25)26-22(14(2)15(3)36-26)23(30-24)19-9-7-18(8-10-19)21-11-6-17(12-28)13-29-21/h6-11,13,20,24H,5H2,1-4H3,(H,34,35)/t20?,24-/m0/s1. The Labute approximate surface area is 212 Å². The molecule has 9 heteroatoms. The van der Waals surface area contributed by atoms with Gasteiger partial charge in [-0.15, -0.1) is 21.5 Å². The van der Waals surface area contributed by atoms with E-state index in [-0.39, 0.29) is 0 Å². The maximum Gasteiger partial charge on any atom is 0.309 e. The van der Waals surface area contributed by atoms with Gasteiger partial charge in [-0.05, 0) is 44.9 Å². The van der Waals surface area contributed by atoms with Crippen molar-refractivity contribution in [2.75, 3.05) is 0 Å². The molecule has 0 saturated heterocycles. The number of hydrogen-bond donors (Lipinski definition) is 1. The van der Waals surface area contributed by atoms with Crippen molar-refractivity contribution in [2.45, 2.75) is 40.2 Å². The number of rotatable bonds is 5. The molecular weight excluding hydrogens is 472 g/mol. The molecule has 0 saturated carbocycles. The first-order chi connectivity index (χ1) is 17.3. The molecule has 0 spiro atoms. The van der Waals surface area contributed by atoms with Gasteiger partial charge in [0.15, 0.2) is 5.82 Å². The molecule has 1 aliphatic rings. The number of carbonyl (C=O) groups is 1. The van der Waals surface area contributed by atoms with E-state index < -0.39 is 17.9 Å². The zero-order valence-electron chi connectivity index (χ0n) is 20.4. The summed E-state index contributed by atoms with van der Waals surface area (Å²) in [6, 6.07) is 12.9. The van der Waals surface area contributed by atoms with Gasteiger partial charge in [0, 0.05) is 27.8 Å². The molecular formula is C27H24N6O2S. The summed E-state index contributed by atoms with van der Waals surface area (Å²) >= 11 is 1.64. The monoisotopic (exact) mass is 496 g/mol. The van der Waals surface area contributed by atoms with Gasteiger partial charge in [-0.2, -0.15) is 5.26 Å². The molecule has 1 aromatic carbocycles. The summed E-state index contributed by atoms with van der Waals surface area (Å²) in [4.78, 5) is 22.9. The molecule has 0 amide bonds. The molecule has 36 heavy (non-hydrogen) atoms. The van der Waals surface area contributed by atoms with E-state index in [0.29, 0.717) is 23.6 Å². The summed E-state index contributed by atoms with van der Waals surface area (Å²) < 4.78 is 1.97. The van der Waals surface area contributed by atoms with Crippen LogP contribution < -0.4 is 0 Å². The number of nitriles is 1. The van der Waals surface area contributed by atoms with Crippen molar-refractivity contribution >= 4 is 23.0 Å². The SMILES string of the molecule is CCC(C(=O)O)[C@@H]1N=C(c2ccc(-c3ccc(C#N)cn3)cc2)c2c(sc(C)c2C)-n2c(C)nnc21. The lowest BCUT2D eigenvalue weighted by atomic mass is 9.95. The fourth-order valence-corrected chi connectivity index (χ4v) is 5.79. The largest absolute Gasteiger partial charge is 0.481 e. The van der Waals surface area contributed by atoms with Gasteiger partial charge < -0.3 is 5.11 Å². The van der Waals surface area contributed by atoms with E-state index in [1.165, 1.54) is 0 Å². The zero-order chi connectivity index (χ0) is 25.6. The average Bonchev–Trinajstić information content (AvgIpc) is 3.35. The van der Waals surface area contributed by atoms with Crippen LogP contribution in [0, 0.1) is 38.0 Å². The molecule has 1 unspecified atom stereocenters. The van der Waals surface area contributed by atoms with Crippen LogP contribution in [0.3, 0.4) is 0 Å². The van der Waals surface area contributed by atoms with Crippen molar-refractivity contribution in [1.29, 1.82) is 5.26 Å². The Balaban J connectivity index is 1.69. The maximum absolute atomic E-state index is 12.2. The quantitative estimate of drug-likeness (QED) is 0.406. The Kier molecular flexibility index (Phi) is 5.98. The number of hydrogen-bond acceptors (Lipinski definition) is 7. The summed E-state index contributed by atoms with van der Waals surface area (Å²) in [5.74, 6) is -0.382. The number of nitrogens with zero attached hydrogens (tertiary/aromatic N) is 6. The van der Waals surface area contributed by atoms with E-state index in [1.54, 1.807) is 23.6 Å². The fourth-order valence-electron chi connectivity index (χ4n) is 4.58. The molecule has 0 fully saturated rings. The Morgan fingerprint density at radius 3 is 2.47 bits per heavy atom. The normalized spacial score (nSPS) is 15.3. The van der Waals surface area contributed by atoms with E-state index in [2.05, 4.69) is 35.1 Å². The van der Waals surface area contributed by atoms with Gasteiger partial charge in [0.25, 0.3) is 0 Å². The molecule has 1 N–H and O–H groups in total. The molecule has 8 nitrogen and oxygen atoms in total. The van der Waals surface area contributed by atoms with E-state index >= 15 is 0 Å². The third kappa shape index (κ3) is 3.80. The van der Waals surface area contributed by atoms with Crippen LogP contribution >= 0.6 is 11.3 Å². The highest BCUT2D eigenvalue weighted by molar-refractivity contribution is 7.15. The van der Waals surface area contributed by atoms with E-state index in [9.17, 15) is 9.90 Å². The molecule has 0 bridgehead atoms. The minimum absolute atomic E-state index is 0.414. The van der Waals surface area contributed by atoms with Crippen molar-refractivity contribution in [1.82, 2.24) is 19.7 Å². The lowest BCUT2D eigenvalue weighted by Crippen LogP contribution is -2.23. The number of aromatic nitrogens is 4. The van der Waals surface area contributed by atoms with Crippen molar-refractivity contribution in [3.8, 4) is 22.3 Å². The Bertz CT molecular complexity index is 1540. The number of pyridine rings is 1. The van der Waals surface area contributed by atoms with Gasteiger partial charge in [-0.1, -0.05) is 31.2 Å². The van der Waals surface area contributed by atoms with Crippen LogP contribution in [0.2, 0.25) is 0 Å². The summed E-state index contributed by atoms with van der Waals surface area (Å²) in [5, 5.41) is 28.7. The number of fused-ring (bicyclic) bond motifs is 3. The van der Waals surface area contributed by atoms with Crippen LogP contribution in [0.15, 0.2) is 47.6 Å². The number of carboxylic acid groups (broad SMARTS) is 1. The molecule has 1 aliphatic heterocycles. The first kappa shape index (κ1) is 23.6. The molecule has 0 aliphatic carbocycles. The van der Waals surface area contributed by atoms with Crippen LogP contribution in [0.1, 0.15) is 58.2 Å². The van der Waals surface area contributed by atoms with Gasteiger partial charge >= 0.3 is 5.97 Å². The molecule has 4 aromatic rings. The minimum atomic E-state index is -0.904. The van der Waals surface area contributed by atoms with Crippen LogP contribution in [0.25, 0.3) is 16.3 Å². The number of thiophene rings is 1. The minimum Gasteiger partial charge on any atom is -0.481 e. The predicted octanol–water partition coefficient (Wildman–Crippen LogP) is 5.19. The summed E-state index contributed by atoms with van der Waals surface area (Å²) in [5.41, 5.74) is 5.91. The van der Waals surface area contributed by atoms with Gasteiger partial charge in [-0.25, -0.2) is 0 Å². The fraction of sp³-hybridized carbons (Fsp3) is 0.259. The van der Waals surface area contributed by atoms with Crippen molar-refractivity contribution in [2.24, 2.45) is 10.9 Å². The van der Waals surface area contributed by atoms with Crippen LogP contribution in [0.5, 0.6) is 0 Å². The van der Waals surface area contributed by atoms with Crippen molar-refractivity contribution in [3.63, 3.8) is 0 Å². The second-order valence-electron chi connectivity index (χ2n) is 8.80. The van der Waals surface area contributed by atoms with Gasteiger partial charge in [0.2, 0.25) is 0 Å². The summed E-state index contributed by atoms with van der Waals surface area (Å²) in [7, 11) is 0.